The third-order valence-corrected chi connectivity index (χ3v) is 2.74. The van der Waals surface area contributed by atoms with Crippen LogP contribution >= 0.6 is 0 Å². The molecule has 1 aromatic heterocycles. The zero-order valence-corrected chi connectivity index (χ0v) is 7.86. The summed E-state index contributed by atoms with van der Waals surface area (Å²) in [4.78, 5) is 23.0. The van der Waals surface area contributed by atoms with Crippen molar-refractivity contribution in [1.82, 2.24) is 0 Å². The smallest absolute Gasteiger partial charge is 0.173 e. The highest BCUT2D eigenvalue weighted by molar-refractivity contribution is 6.08. The first-order valence-electron chi connectivity index (χ1n) is 4.85. The van der Waals surface area contributed by atoms with Crippen LogP contribution in [0.4, 0.5) is 0 Å². The molecule has 1 aliphatic carbocycles. The minimum absolute atomic E-state index is 0.0319. The van der Waals surface area contributed by atoms with E-state index in [4.69, 9.17) is 4.42 Å². The second-order valence-corrected chi connectivity index (χ2v) is 3.71. The van der Waals surface area contributed by atoms with E-state index in [1.54, 1.807) is 6.07 Å². The van der Waals surface area contributed by atoms with Crippen LogP contribution in [0.3, 0.4) is 0 Å². The Kier molecular flexibility index (Phi) is 2.48. The fourth-order valence-corrected chi connectivity index (χ4v) is 1.56. The summed E-state index contributed by atoms with van der Waals surface area (Å²) < 4.78 is 4.79. The topological polar surface area (TPSA) is 47.3 Å². The van der Waals surface area contributed by atoms with Crippen LogP contribution in [0.25, 0.3) is 0 Å². The predicted octanol–water partition coefficient (Wildman–Crippen LogP) is 2.22. The predicted molar refractivity (Wildman–Crippen MR) is 50.0 cm³/mol. The molecule has 0 amide bonds. The first-order chi connectivity index (χ1) is 6.77. The second-order valence-electron chi connectivity index (χ2n) is 3.71. The molecule has 0 bridgehead atoms. The third-order valence-electron chi connectivity index (χ3n) is 2.74. The van der Waals surface area contributed by atoms with E-state index in [-0.39, 0.29) is 23.9 Å². The molecule has 74 valence electrons. The number of rotatable bonds is 4. The van der Waals surface area contributed by atoms with Crippen LogP contribution < -0.4 is 0 Å². The van der Waals surface area contributed by atoms with Crippen molar-refractivity contribution in [3.05, 3.63) is 24.2 Å². The highest BCUT2D eigenvalue weighted by atomic mass is 16.3. The van der Waals surface area contributed by atoms with Gasteiger partial charge in [-0.3, -0.25) is 9.59 Å². The van der Waals surface area contributed by atoms with E-state index in [2.05, 4.69) is 0 Å². The maximum absolute atomic E-state index is 11.5. The van der Waals surface area contributed by atoms with Crippen LogP contribution in [0.1, 0.15) is 36.0 Å². The van der Waals surface area contributed by atoms with Crippen molar-refractivity contribution in [3.63, 3.8) is 0 Å². The lowest BCUT2D eigenvalue weighted by Crippen LogP contribution is -2.24. The van der Waals surface area contributed by atoms with Gasteiger partial charge in [0.2, 0.25) is 0 Å². The Morgan fingerprint density at radius 1 is 1.43 bits per heavy atom. The number of hydrogen-bond donors (Lipinski definition) is 0. The largest absolute Gasteiger partial charge is 0.472 e. The van der Waals surface area contributed by atoms with Gasteiger partial charge in [-0.1, -0.05) is 6.42 Å². The van der Waals surface area contributed by atoms with E-state index < -0.39 is 0 Å². The lowest BCUT2D eigenvalue weighted by atomic mass is 9.80. The van der Waals surface area contributed by atoms with Gasteiger partial charge in [-0.2, -0.15) is 0 Å². The molecule has 2 rings (SSSR count). The fourth-order valence-electron chi connectivity index (χ4n) is 1.56. The zero-order valence-electron chi connectivity index (χ0n) is 7.86. The molecule has 0 unspecified atom stereocenters. The molecule has 0 aromatic carbocycles. The van der Waals surface area contributed by atoms with Gasteiger partial charge >= 0.3 is 0 Å². The molecule has 0 N–H and O–H groups in total. The molecular formula is C11H12O3. The van der Waals surface area contributed by atoms with Gasteiger partial charge in [0.05, 0.1) is 18.2 Å². The van der Waals surface area contributed by atoms with Crippen molar-refractivity contribution in [3.8, 4) is 0 Å². The summed E-state index contributed by atoms with van der Waals surface area (Å²) >= 11 is 0. The molecule has 1 saturated carbocycles. The van der Waals surface area contributed by atoms with E-state index in [9.17, 15) is 9.59 Å². The molecule has 1 fully saturated rings. The molecule has 0 radical (unpaired) electrons. The average Bonchev–Trinajstić information content (AvgIpc) is 2.51. The van der Waals surface area contributed by atoms with Crippen molar-refractivity contribution in [1.29, 1.82) is 0 Å². The minimum atomic E-state index is -0.129. The SMILES string of the molecule is O=C(CC(=O)C1CCC1)c1ccoc1. The van der Waals surface area contributed by atoms with Crippen LogP contribution in [-0.2, 0) is 4.79 Å². The molecule has 1 heterocycles. The van der Waals surface area contributed by atoms with Gasteiger partial charge in [-0.15, -0.1) is 0 Å². The third kappa shape index (κ3) is 1.76. The normalized spacial score (nSPS) is 16.3. The molecular weight excluding hydrogens is 180 g/mol. The summed E-state index contributed by atoms with van der Waals surface area (Å²) in [5, 5.41) is 0. The number of hydrogen-bond acceptors (Lipinski definition) is 3. The average molecular weight is 192 g/mol. The summed E-state index contributed by atoms with van der Waals surface area (Å²) in [7, 11) is 0. The Hall–Kier alpha value is -1.38. The monoisotopic (exact) mass is 192 g/mol. The van der Waals surface area contributed by atoms with Gasteiger partial charge in [-0.05, 0) is 18.9 Å². The Morgan fingerprint density at radius 3 is 2.71 bits per heavy atom. The van der Waals surface area contributed by atoms with E-state index in [1.807, 2.05) is 0 Å². The van der Waals surface area contributed by atoms with E-state index in [0.29, 0.717) is 5.56 Å². The Balaban J connectivity index is 1.91. The maximum atomic E-state index is 11.5. The van der Waals surface area contributed by atoms with Crippen LogP contribution in [0.2, 0.25) is 0 Å². The summed E-state index contributed by atoms with van der Waals surface area (Å²) in [6.07, 6.45) is 5.90. The minimum Gasteiger partial charge on any atom is -0.472 e. The molecule has 0 aliphatic heterocycles. The number of carbonyl (C=O) groups is 2. The molecule has 14 heavy (non-hydrogen) atoms. The quantitative estimate of drug-likeness (QED) is 0.542. The van der Waals surface area contributed by atoms with Gasteiger partial charge < -0.3 is 4.42 Å². The summed E-state index contributed by atoms with van der Waals surface area (Å²) in [6.45, 7) is 0. The summed E-state index contributed by atoms with van der Waals surface area (Å²) in [5.41, 5.74) is 0.498. The van der Waals surface area contributed by atoms with Gasteiger partial charge in [0.15, 0.2) is 5.78 Å². The van der Waals surface area contributed by atoms with Gasteiger partial charge in [0, 0.05) is 5.92 Å². The van der Waals surface area contributed by atoms with Crippen molar-refractivity contribution in [2.45, 2.75) is 25.7 Å². The molecule has 3 nitrogen and oxygen atoms in total. The fraction of sp³-hybridized carbons (Fsp3) is 0.455. The van der Waals surface area contributed by atoms with E-state index >= 15 is 0 Å². The van der Waals surface area contributed by atoms with Crippen molar-refractivity contribution >= 4 is 11.6 Å². The van der Waals surface area contributed by atoms with Crippen LogP contribution in [-0.4, -0.2) is 11.6 Å². The molecule has 0 atom stereocenters. The lowest BCUT2D eigenvalue weighted by molar-refractivity contribution is -0.124. The van der Waals surface area contributed by atoms with E-state index in [0.717, 1.165) is 19.3 Å². The van der Waals surface area contributed by atoms with Crippen molar-refractivity contribution in [2.75, 3.05) is 0 Å². The van der Waals surface area contributed by atoms with Gasteiger partial charge in [0.25, 0.3) is 0 Å². The van der Waals surface area contributed by atoms with Crippen LogP contribution in [0.5, 0.6) is 0 Å². The lowest BCUT2D eigenvalue weighted by Gasteiger charge is -2.23. The standard InChI is InChI=1S/C11H12O3/c12-10(8-2-1-3-8)6-11(13)9-4-5-14-7-9/h4-5,7-8H,1-3,6H2. The van der Waals surface area contributed by atoms with Gasteiger partial charge in [0.1, 0.15) is 12.0 Å². The number of carbonyl (C=O) groups excluding carboxylic acids is 2. The van der Waals surface area contributed by atoms with Gasteiger partial charge in [-0.25, -0.2) is 0 Å². The molecule has 0 saturated heterocycles. The van der Waals surface area contributed by atoms with E-state index in [1.165, 1.54) is 12.5 Å². The first-order valence-corrected chi connectivity index (χ1v) is 4.85. The van der Waals surface area contributed by atoms with Crippen molar-refractivity contribution in [2.24, 2.45) is 5.92 Å². The summed E-state index contributed by atoms with van der Waals surface area (Å²) in [5.74, 6) is 0.101. The number of ketones is 2. The molecule has 1 aromatic rings. The molecule has 1 aliphatic rings. The highest BCUT2D eigenvalue weighted by Gasteiger charge is 2.26. The number of Topliss-reactive ketones (excluding diaryl/α,β-unsaturated/α-hetero) is 2. The summed E-state index contributed by atoms with van der Waals surface area (Å²) in [6, 6.07) is 1.59. The molecule has 0 spiro atoms. The maximum Gasteiger partial charge on any atom is 0.173 e. The number of furan rings is 1. The van der Waals surface area contributed by atoms with Crippen LogP contribution in [0, 0.1) is 5.92 Å². The Labute approximate surface area is 82.1 Å². The molecule has 3 heteroatoms. The first kappa shape index (κ1) is 9.19. The Morgan fingerprint density at radius 2 is 2.21 bits per heavy atom. The Bertz CT molecular complexity index is 333. The zero-order chi connectivity index (χ0) is 9.97. The highest BCUT2D eigenvalue weighted by Crippen LogP contribution is 2.28. The van der Waals surface area contributed by atoms with Crippen molar-refractivity contribution < 1.29 is 14.0 Å². The second kappa shape index (κ2) is 3.78. The van der Waals surface area contributed by atoms with Crippen LogP contribution in [0.15, 0.2) is 23.0 Å².